The van der Waals surface area contributed by atoms with E-state index in [-0.39, 0.29) is 10.8 Å². The fourth-order valence-corrected chi connectivity index (χ4v) is 3.77. The number of carbonyl (C=O) groups is 1. The summed E-state index contributed by atoms with van der Waals surface area (Å²) in [5.41, 5.74) is 2.50. The lowest BCUT2D eigenvalue weighted by molar-refractivity contribution is 0.102. The number of methoxy groups -OCH3 is 1. The van der Waals surface area contributed by atoms with E-state index in [1.54, 1.807) is 30.3 Å². The van der Waals surface area contributed by atoms with Crippen LogP contribution in [0.2, 0.25) is 0 Å². The molecule has 0 aliphatic heterocycles. The molecule has 0 aromatic heterocycles. The molecule has 0 atom stereocenters. The van der Waals surface area contributed by atoms with Crippen LogP contribution in [-0.4, -0.2) is 21.4 Å². The Kier molecular flexibility index (Phi) is 6.19. The number of carbonyl (C=O) groups excluding carboxylic acids is 1. The molecule has 3 rings (SSSR count). The van der Waals surface area contributed by atoms with Crippen molar-refractivity contribution in [3.63, 3.8) is 0 Å². The van der Waals surface area contributed by atoms with Crippen LogP contribution in [0.15, 0.2) is 77.7 Å². The molecular weight excluding hydrogens is 388 g/mol. The molecule has 1 amide bonds. The maximum Gasteiger partial charge on any atom is 0.261 e. The van der Waals surface area contributed by atoms with E-state index in [1.165, 1.54) is 30.9 Å². The first kappa shape index (κ1) is 20.4. The summed E-state index contributed by atoms with van der Waals surface area (Å²) in [5.74, 6) is 0.245. The zero-order chi connectivity index (χ0) is 20.9. The van der Waals surface area contributed by atoms with Crippen LogP contribution in [0.5, 0.6) is 5.75 Å². The average Bonchev–Trinajstić information content (AvgIpc) is 2.74. The fraction of sp³-hybridized carbons (Fsp3) is 0.136. The topological polar surface area (TPSA) is 84.5 Å². The van der Waals surface area contributed by atoms with E-state index in [1.807, 2.05) is 24.3 Å². The third-order valence-electron chi connectivity index (χ3n) is 4.37. The van der Waals surface area contributed by atoms with Crippen molar-refractivity contribution in [3.8, 4) is 5.75 Å². The predicted molar refractivity (Wildman–Crippen MR) is 114 cm³/mol. The summed E-state index contributed by atoms with van der Waals surface area (Å²) in [6.07, 6.45) is 0.921. The number of rotatable bonds is 7. The molecule has 0 saturated carbocycles. The highest BCUT2D eigenvalue weighted by molar-refractivity contribution is 7.92. The van der Waals surface area contributed by atoms with Gasteiger partial charge >= 0.3 is 0 Å². The Labute approximate surface area is 170 Å². The van der Waals surface area contributed by atoms with Gasteiger partial charge in [0.1, 0.15) is 5.75 Å². The van der Waals surface area contributed by atoms with Gasteiger partial charge in [-0.05, 0) is 66.6 Å². The summed E-state index contributed by atoms with van der Waals surface area (Å²) < 4.78 is 32.7. The van der Waals surface area contributed by atoms with E-state index in [2.05, 4.69) is 17.0 Å². The van der Waals surface area contributed by atoms with E-state index >= 15 is 0 Å². The minimum Gasteiger partial charge on any atom is -0.497 e. The Morgan fingerprint density at radius 1 is 0.931 bits per heavy atom. The zero-order valence-electron chi connectivity index (χ0n) is 16.2. The molecule has 3 aromatic carbocycles. The quantitative estimate of drug-likeness (QED) is 0.608. The standard InChI is InChI=1S/C22H22N2O4S/c1-3-16-7-9-18(10-8-16)23-22(25)17-5-4-6-19(15-17)24-29(26,27)21-13-11-20(28-2)12-14-21/h4-15,24H,3H2,1-2H3,(H,23,25). The van der Waals surface area contributed by atoms with Gasteiger partial charge in [-0.1, -0.05) is 25.1 Å². The zero-order valence-corrected chi connectivity index (χ0v) is 17.0. The van der Waals surface area contributed by atoms with Gasteiger partial charge in [0.05, 0.1) is 12.0 Å². The number of hydrogen-bond donors (Lipinski definition) is 2. The number of aryl methyl sites for hydroxylation is 1. The Balaban J connectivity index is 1.74. The van der Waals surface area contributed by atoms with Gasteiger partial charge in [0, 0.05) is 16.9 Å². The number of sulfonamides is 1. The maximum atomic E-state index is 12.6. The fourth-order valence-electron chi connectivity index (χ4n) is 2.72. The van der Waals surface area contributed by atoms with Gasteiger partial charge < -0.3 is 10.1 Å². The van der Waals surface area contributed by atoms with Crippen molar-refractivity contribution >= 4 is 27.3 Å². The molecule has 0 fully saturated rings. The Morgan fingerprint density at radius 3 is 2.24 bits per heavy atom. The van der Waals surface area contributed by atoms with Crippen molar-refractivity contribution in [3.05, 3.63) is 83.9 Å². The average molecular weight is 410 g/mol. The lowest BCUT2D eigenvalue weighted by atomic mass is 10.1. The maximum absolute atomic E-state index is 12.6. The number of nitrogens with one attached hydrogen (secondary N) is 2. The number of anilines is 2. The highest BCUT2D eigenvalue weighted by Crippen LogP contribution is 2.20. The molecule has 0 unspecified atom stereocenters. The summed E-state index contributed by atoms with van der Waals surface area (Å²) in [6.45, 7) is 2.06. The summed E-state index contributed by atoms with van der Waals surface area (Å²) in [5, 5.41) is 2.81. The smallest absolute Gasteiger partial charge is 0.261 e. The van der Waals surface area contributed by atoms with Crippen LogP contribution in [0.25, 0.3) is 0 Å². The first-order valence-electron chi connectivity index (χ1n) is 9.08. The van der Waals surface area contributed by atoms with Crippen molar-refractivity contribution in [1.82, 2.24) is 0 Å². The monoisotopic (exact) mass is 410 g/mol. The molecular formula is C22H22N2O4S. The second kappa shape index (κ2) is 8.79. The third kappa shape index (κ3) is 5.14. The van der Waals surface area contributed by atoms with Gasteiger partial charge in [0.15, 0.2) is 0 Å². The van der Waals surface area contributed by atoms with Crippen molar-refractivity contribution in [1.29, 1.82) is 0 Å². The normalized spacial score (nSPS) is 11.0. The van der Waals surface area contributed by atoms with Crippen LogP contribution >= 0.6 is 0 Å². The van der Waals surface area contributed by atoms with Gasteiger partial charge in [-0.25, -0.2) is 8.42 Å². The van der Waals surface area contributed by atoms with Gasteiger partial charge in [0.25, 0.3) is 15.9 Å². The number of hydrogen-bond acceptors (Lipinski definition) is 4. The summed E-state index contributed by atoms with van der Waals surface area (Å²) in [4.78, 5) is 12.6. The largest absolute Gasteiger partial charge is 0.497 e. The van der Waals surface area contributed by atoms with Crippen LogP contribution < -0.4 is 14.8 Å². The molecule has 3 aromatic rings. The molecule has 0 spiro atoms. The SMILES string of the molecule is CCc1ccc(NC(=O)c2cccc(NS(=O)(=O)c3ccc(OC)cc3)c2)cc1. The van der Waals surface area contributed by atoms with E-state index in [9.17, 15) is 13.2 Å². The lowest BCUT2D eigenvalue weighted by Gasteiger charge is -2.11. The Bertz CT molecular complexity index is 1090. The van der Waals surface area contributed by atoms with E-state index in [4.69, 9.17) is 4.74 Å². The molecule has 29 heavy (non-hydrogen) atoms. The Hall–Kier alpha value is -3.32. The highest BCUT2D eigenvalue weighted by Gasteiger charge is 2.15. The van der Waals surface area contributed by atoms with Crippen LogP contribution in [-0.2, 0) is 16.4 Å². The molecule has 0 saturated heterocycles. The molecule has 0 aliphatic rings. The van der Waals surface area contributed by atoms with Gasteiger partial charge in [0.2, 0.25) is 0 Å². The van der Waals surface area contributed by atoms with Crippen molar-refractivity contribution in [2.45, 2.75) is 18.2 Å². The van der Waals surface area contributed by atoms with E-state index in [0.717, 1.165) is 6.42 Å². The molecule has 7 heteroatoms. The van der Waals surface area contributed by atoms with Gasteiger partial charge in [-0.3, -0.25) is 9.52 Å². The number of benzene rings is 3. The van der Waals surface area contributed by atoms with Crippen LogP contribution in [0.3, 0.4) is 0 Å². The second-order valence-corrected chi connectivity index (χ2v) is 8.05. The van der Waals surface area contributed by atoms with Gasteiger partial charge in [-0.2, -0.15) is 0 Å². The minimum atomic E-state index is -3.78. The molecule has 0 aliphatic carbocycles. The van der Waals surface area contributed by atoms with Crippen LogP contribution in [0, 0.1) is 0 Å². The van der Waals surface area contributed by atoms with Crippen molar-refractivity contribution in [2.75, 3.05) is 17.1 Å². The molecule has 0 heterocycles. The molecule has 6 nitrogen and oxygen atoms in total. The summed E-state index contributed by atoms with van der Waals surface area (Å²) in [6, 6.07) is 20.0. The summed E-state index contributed by atoms with van der Waals surface area (Å²) in [7, 11) is -2.27. The third-order valence-corrected chi connectivity index (χ3v) is 5.76. The molecule has 0 radical (unpaired) electrons. The predicted octanol–water partition coefficient (Wildman–Crippen LogP) is 4.31. The van der Waals surface area contributed by atoms with Crippen LogP contribution in [0.4, 0.5) is 11.4 Å². The second-order valence-electron chi connectivity index (χ2n) is 6.37. The lowest BCUT2D eigenvalue weighted by Crippen LogP contribution is -2.15. The highest BCUT2D eigenvalue weighted by atomic mass is 32.2. The number of amides is 1. The first-order chi connectivity index (χ1) is 13.9. The molecule has 0 bridgehead atoms. The van der Waals surface area contributed by atoms with Gasteiger partial charge in [-0.15, -0.1) is 0 Å². The first-order valence-corrected chi connectivity index (χ1v) is 10.6. The van der Waals surface area contributed by atoms with Crippen LogP contribution in [0.1, 0.15) is 22.8 Å². The molecule has 150 valence electrons. The minimum absolute atomic E-state index is 0.101. The Morgan fingerprint density at radius 2 is 1.62 bits per heavy atom. The summed E-state index contributed by atoms with van der Waals surface area (Å²) >= 11 is 0. The van der Waals surface area contributed by atoms with E-state index in [0.29, 0.717) is 22.7 Å². The van der Waals surface area contributed by atoms with E-state index < -0.39 is 10.0 Å². The van der Waals surface area contributed by atoms with Crippen molar-refractivity contribution < 1.29 is 17.9 Å². The number of ether oxygens (including phenoxy) is 1. The van der Waals surface area contributed by atoms with Crippen molar-refractivity contribution in [2.24, 2.45) is 0 Å². The molecule has 2 N–H and O–H groups in total.